The first-order valence-electron chi connectivity index (χ1n) is 9.34. The fourth-order valence-electron chi connectivity index (χ4n) is 3.43. The number of hydrogen-bond donors (Lipinski definition) is 2. The minimum atomic E-state index is 0. The zero-order chi connectivity index (χ0) is 17.2. The number of halogens is 1. The lowest BCUT2D eigenvalue weighted by atomic mass is 10.0. The Balaban J connectivity index is 0.00000312. The molecular formula is C20H35IN4. The van der Waals surface area contributed by atoms with Crippen LogP contribution in [0.2, 0.25) is 0 Å². The maximum absolute atomic E-state index is 4.32. The van der Waals surface area contributed by atoms with Crippen molar-refractivity contribution >= 4 is 29.9 Å². The molecule has 0 heterocycles. The lowest BCUT2D eigenvalue weighted by Crippen LogP contribution is -2.37. The number of aliphatic imine (C=N–C) groups is 1. The van der Waals surface area contributed by atoms with Crippen LogP contribution in [0.15, 0.2) is 29.3 Å². The molecule has 142 valence electrons. The van der Waals surface area contributed by atoms with E-state index in [0.717, 1.165) is 31.5 Å². The van der Waals surface area contributed by atoms with Gasteiger partial charge in [-0.05, 0) is 44.0 Å². The standard InChI is InChI=1S/C20H34N4.HI/c1-21-20(22-14-6-9-17-7-4-5-8-17)23-15-18-10-12-19(13-11-18)16-24(2)3;/h10-13,17H,4-9,14-16H2,1-3H3,(H2,21,22,23);1H. The fraction of sp³-hybridized carbons (Fsp3) is 0.650. The van der Waals surface area contributed by atoms with Gasteiger partial charge in [-0.3, -0.25) is 4.99 Å². The molecule has 1 aromatic rings. The van der Waals surface area contributed by atoms with E-state index in [1.54, 1.807) is 0 Å². The molecule has 0 aromatic heterocycles. The predicted octanol–water partition coefficient (Wildman–Crippen LogP) is 4.00. The first-order valence-corrected chi connectivity index (χ1v) is 9.34. The Morgan fingerprint density at radius 1 is 1.08 bits per heavy atom. The van der Waals surface area contributed by atoms with Crippen LogP contribution in [0, 0.1) is 5.92 Å². The van der Waals surface area contributed by atoms with Gasteiger partial charge in [0.1, 0.15) is 0 Å². The topological polar surface area (TPSA) is 39.7 Å². The lowest BCUT2D eigenvalue weighted by Gasteiger charge is -2.14. The molecule has 0 saturated heterocycles. The molecule has 0 atom stereocenters. The molecule has 25 heavy (non-hydrogen) atoms. The van der Waals surface area contributed by atoms with Crippen LogP contribution < -0.4 is 10.6 Å². The Hall–Kier alpha value is -0.820. The second kappa shape index (κ2) is 12.5. The van der Waals surface area contributed by atoms with Crippen molar-refractivity contribution in [3.05, 3.63) is 35.4 Å². The first-order chi connectivity index (χ1) is 11.7. The van der Waals surface area contributed by atoms with Crippen molar-refractivity contribution in [2.75, 3.05) is 27.7 Å². The van der Waals surface area contributed by atoms with E-state index in [-0.39, 0.29) is 24.0 Å². The van der Waals surface area contributed by atoms with Gasteiger partial charge in [0.05, 0.1) is 0 Å². The number of rotatable bonds is 8. The van der Waals surface area contributed by atoms with Crippen molar-refractivity contribution in [1.29, 1.82) is 0 Å². The number of benzene rings is 1. The maximum Gasteiger partial charge on any atom is 0.191 e. The van der Waals surface area contributed by atoms with Crippen LogP contribution >= 0.6 is 24.0 Å². The van der Waals surface area contributed by atoms with Crippen LogP contribution in [-0.4, -0.2) is 38.5 Å². The lowest BCUT2D eigenvalue weighted by molar-refractivity contribution is 0.402. The highest BCUT2D eigenvalue weighted by Gasteiger charge is 2.13. The zero-order valence-electron chi connectivity index (χ0n) is 16.1. The van der Waals surface area contributed by atoms with E-state index in [2.05, 4.69) is 58.9 Å². The van der Waals surface area contributed by atoms with Crippen molar-refractivity contribution in [1.82, 2.24) is 15.5 Å². The number of guanidine groups is 1. The molecule has 1 aromatic carbocycles. The predicted molar refractivity (Wildman–Crippen MR) is 119 cm³/mol. The SMILES string of the molecule is CN=C(NCCCC1CCCC1)NCc1ccc(CN(C)C)cc1.I. The van der Waals surface area contributed by atoms with Gasteiger partial charge in [0, 0.05) is 26.7 Å². The van der Waals surface area contributed by atoms with Crippen molar-refractivity contribution < 1.29 is 0 Å². The average molecular weight is 458 g/mol. The molecule has 0 spiro atoms. The van der Waals surface area contributed by atoms with E-state index in [4.69, 9.17) is 0 Å². The van der Waals surface area contributed by atoms with Gasteiger partial charge in [-0.15, -0.1) is 24.0 Å². The molecule has 0 bridgehead atoms. The number of nitrogens with one attached hydrogen (secondary N) is 2. The van der Waals surface area contributed by atoms with Crippen molar-refractivity contribution in [2.24, 2.45) is 10.9 Å². The van der Waals surface area contributed by atoms with Crippen LogP contribution in [0.1, 0.15) is 49.7 Å². The summed E-state index contributed by atoms with van der Waals surface area (Å²) in [6, 6.07) is 8.79. The van der Waals surface area contributed by atoms with E-state index >= 15 is 0 Å². The molecule has 1 fully saturated rings. The first kappa shape index (κ1) is 22.2. The summed E-state index contributed by atoms with van der Waals surface area (Å²) in [4.78, 5) is 6.50. The molecule has 2 rings (SSSR count). The smallest absolute Gasteiger partial charge is 0.191 e. The summed E-state index contributed by atoms with van der Waals surface area (Å²) in [5.41, 5.74) is 2.63. The summed E-state index contributed by atoms with van der Waals surface area (Å²) in [5, 5.41) is 6.84. The molecule has 1 aliphatic rings. The molecule has 0 radical (unpaired) electrons. The van der Waals surface area contributed by atoms with E-state index in [9.17, 15) is 0 Å². The zero-order valence-corrected chi connectivity index (χ0v) is 18.4. The van der Waals surface area contributed by atoms with Crippen LogP contribution in [0.5, 0.6) is 0 Å². The quantitative estimate of drug-likeness (QED) is 0.268. The normalized spacial score (nSPS) is 15.3. The second-order valence-electron chi connectivity index (χ2n) is 7.20. The molecule has 1 saturated carbocycles. The van der Waals surface area contributed by atoms with Gasteiger partial charge < -0.3 is 15.5 Å². The Bertz CT molecular complexity index is 493. The molecule has 0 amide bonds. The Morgan fingerprint density at radius 3 is 2.32 bits per heavy atom. The van der Waals surface area contributed by atoms with E-state index in [1.165, 1.54) is 49.7 Å². The molecule has 1 aliphatic carbocycles. The molecule has 4 nitrogen and oxygen atoms in total. The summed E-state index contributed by atoms with van der Waals surface area (Å²) in [6.07, 6.45) is 8.36. The van der Waals surface area contributed by atoms with Gasteiger partial charge >= 0.3 is 0 Å². The summed E-state index contributed by atoms with van der Waals surface area (Å²) in [6.45, 7) is 2.81. The molecule has 2 N–H and O–H groups in total. The summed E-state index contributed by atoms with van der Waals surface area (Å²) < 4.78 is 0. The van der Waals surface area contributed by atoms with Crippen LogP contribution in [0.4, 0.5) is 0 Å². The van der Waals surface area contributed by atoms with Gasteiger partial charge in [0.15, 0.2) is 5.96 Å². The van der Waals surface area contributed by atoms with Gasteiger partial charge in [-0.1, -0.05) is 49.9 Å². The van der Waals surface area contributed by atoms with Crippen LogP contribution in [0.25, 0.3) is 0 Å². The Labute approximate surface area is 170 Å². The maximum atomic E-state index is 4.32. The molecule has 0 aliphatic heterocycles. The monoisotopic (exact) mass is 458 g/mol. The summed E-state index contributed by atoms with van der Waals surface area (Å²) in [5.74, 6) is 1.88. The third-order valence-electron chi connectivity index (χ3n) is 4.76. The highest BCUT2D eigenvalue weighted by molar-refractivity contribution is 14.0. The van der Waals surface area contributed by atoms with Crippen molar-refractivity contribution in [3.8, 4) is 0 Å². The van der Waals surface area contributed by atoms with Gasteiger partial charge in [-0.2, -0.15) is 0 Å². The highest BCUT2D eigenvalue weighted by Crippen LogP contribution is 2.28. The van der Waals surface area contributed by atoms with Crippen molar-refractivity contribution in [3.63, 3.8) is 0 Å². The van der Waals surface area contributed by atoms with Gasteiger partial charge in [0.2, 0.25) is 0 Å². The van der Waals surface area contributed by atoms with Crippen LogP contribution in [-0.2, 0) is 13.1 Å². The third kappa shape index (κ3) is 8.90. The number of nitrogens with zero attached hydrogens (tertiary/aromatic N) is 2. The van der Waals surface area contributed by atoms with E-state index in [1.807, 2.05) is 7.05 Å². The van der Waals surface area contributed by atoms with Gasteiger partial charge in [0.25, 0.3) is 0 Å². The van der Waals surface area contributed by atoms with Gasteiger partial charge in [-0.25, -0.2) is 0 Å². The molecule has 5 heteroatoms. The fourth-order valence-corrected chi connectivity index (χ4v) is 3.43. The Morgan fingerprint density at radius 2 is 1.72 bits per heavy atom. The molecular weight excluding hydrogens is 423 g/mol. The summed E-state index contributed by atoms with van der Waals surface area (Å²) >= 11 is 0. The number of hydrogen-bond acceptors (Lipinski definition) is 2. The van der Waals surface area contributed by atoms with Crippen LogP contribution in [0.3, 0.4) is 0 Å². The van der Waals surface area contributed by atoms with Crippen molar-refractivity contribution in [2.45, 2.75) is 51.6 Å². The molecule has 0 unspecified atom stereocenters. The Kier molecular flexibility index (Phi) is 11.1. The largest absolute Gasteiger partial charge is 0.356 e. The average Bonchev–Trinajstić information content (AvgIpc) is 3.08. The third-order valence-corrected chi connectivity index (χ3v) is 4.76. The van der Waals surface area contributed by atoms with E-state index in [0.29, 0.717) is 0 Å². The highest BCUT2D eigenvalue weighted by atomic mass is 127. The second-order valence-corrected chi connectivity index (χ2v) is 7.20. The minimum absolute atomic E-state index is 0. The summed E-state index contributed by atoms with van der Waals surface area (Å²) in [7, 11) is 6.03. The van der Waals surface area contributed by atoms with E-state index < -0.39 is 0 Å². The minimum Gasteiger partial charge on any atom is -0.356 e.